The van der Waals surface area contributed by atoms with Gasteiger partial charge in [-0.05, 0) is 68.4 Å². The molecule has 4 heteroatoms. The Morgan fingerprint density at radius 3 is 2.05 bits per heavy atom. The van der Waals surface area contributed by atoms with Crippen LogP contribution in [0, 0.1) is 20.8 Å². The first-order valence-electron chi connectivity index (χ1n) is 7.34. The van der Waals surface area contributed by atoms with E-state index < -0.39 is 0 Å². The van der Waals surface area contributed by atoms with Gasteiger partial charge in [0, 0.05) is 11.6 Å². The summed E-state index contributed by atoms with van der Waals surface area (Å²) in [5, 5.41) is 39.4. The number of phenols is 4. The van der Waals surface area contributed by atoms with E-state index in [4.69, 9.17) is 0 Å². The summed E-state index contributed by atoms with van der Waals surface area (Å²) in [7, 11) is 0. The van der Waals surface area contributed by atoms with Gasteiger partial charge in [0.1, 0.15) is 23.0 Å². The lowest BCUT2D eigenvalue weighted by Gasteiger charge is -2.16. The molecule has 2 rings (SSSR count). The minimum Gasteiger partial charge on any atom is -0.508 e. The molecule has 0 unspecified atom stereocenters. The van der Waals surface area contributed by atoms with Gasteiger partial charge >= 0.3 is 0 Å². The summed E-state index contributed by atoms with van der Waals surface area (Å²) in [4.78, 5) is 0. The molecule has 0 amide bonds. The minimum atomic E-state index is 0.0359. The topological polar surface area (TPSA) is 80.9 Å². The molecule has 0 radical (unpaired) electrons. The number of hydrogen-bond donors (Lipinski definition) is 4. The van der Waals surface area contributed by atoms with Gasteiger partial charge in [-0.2, -0.15) is 0 Å². The summed E-state index contributed by atoms with van der Waals surface area (Å²) >= 11 is 0. The molecule has 2 aromatic rings. The van der Waals surface area contributed by atoms with E-state index in [1.54, 1.807) is 32.9 Å². The Morgan fingerprint density at radius 1 is 0.773 bits per heavy atom. The Morgan fingerprint density at radius 2 is 1.41 bits per heavy atom. The number of phenolic OH excluding ortho intramolecular Hbond substituents is 4. The standard InChI is InChI=1S/C18H22O4/c1-10-11(2)18(22)15(12(3)17(10)21)6-4-5-13-7-8-14(19)9-16(13)20/h7-9,19-22H,4-6H2,1-3H3. The van der Waals surface area contributed by atoms with E-state index in [0.29, 0.717) is 36.0 Å². The SMILES string of the molecule is Cc1c(C)c(O)c(CCCc2ccc(O)cc2O)c(C)c1O. The van der Waals surface area contributed by atoms with E-state index >= 15 is 0 Å². The predicted molar refractivity (Wildman–Crippen MR) is 85.8 cm³/mol. The summed E-state index contributed by atoms with van der Waals surface area (Å²) in [6.07, 6.45) is 1.94. The van der Waals surface area contributed by atoms with Gasteiger partial charge in [0.2, 0.25) is 0 Å². The van der Waals surface area contributed by atoms with Crippen LogP contribution in [0.1, 0.15) is 34.2 Å². The average molecular weight is 302 g/mol. The van der Waals surface area contributed by atoms with Gasteiger partial charge in [-0.1, -0.05) is 6.07 Å². The highest BCUT2D eigenvalue weighted by Gasteiger charge is 2.16. The van der Waals surface area contributed by atoms with Gasteiger partial charge in [0.25, 0.3) is 0 Å². The third-order valence-corrected chi connectivity index (χ3v) is 4.31. The summed E-state index contributed by atoms with van der Waals surface area (Å²) < 4.78 is 0. The van der Waals surface area contributed by atoms with Crippen molar-refractivity contribution in [2.24, 2.45) is 0 Å². The Bertz CT molecular complexity index is 676. The third kappa shape index (κ3) is 2.96. The van der Waals surface area contributed by atoms with Gasteiger partial charge < -0.3 is 20.4 Å². The summed E-state index contributed by atoms with van der Waals surface area (Å²) in [6, 6.07) is 4.55. The second-order valence-electron chi connectivity index (χ2n) is 5.72. The molecule has 118 valence electrons. The molecule has 0 aliphatic carbocycles. The average Bonchev–Trinajstić information content (AvgIpc) is 2.48. The zero-order chi connectivity index (χ0) is 16.4. The lowest BCUT2D eigenvalue weighted by Crippen LogP contribution is -1.98. The molecule has 0 heterocycles. The summed E-state index contributed by atoms with van der Waals surface area (Å²) in [5.74, 6) is 0.582. The molecule has 0 saturated heterocycles. The van der Waals surface area contributed by atoms with Gasteiger partial charge in [-0.3, -0.25) is 0 Å². The number of benzene rings is 2. The van der Waals surface area contributed by atoms with E-state index in [2.05, 4.69) is 0 Å². The molecular formula is C18H22O4. The van der Waals surface area contributed by atoms with E-state index in [1.807, 2.05) is 0 Å². The fourth-order valence-electron chi connectivity index (χ4n) is 2.71. The molecule has 4 nitrogen and oxygen atoms in total. The lowest BCUT2D eigenvalue weighted by molar-refractivity contribution is 0.440. The van der Waals surface area contributed by atoms with Crippen LogP contribution < -0.4 is 0 Å². The number of rotatable bonds is 4. The van der Waals surface area contributed by atoms with Gasteiger partial charge in [-0.15, -0.1) is 0 Å². The van der Waals surface area contributed by atoms with Crippen LogP contribution in [0.15, 0.2) is 18.2 Å². The fourth-order valence-corrected chi connectivity index (χ4v) is 2.71. The van der Waals surface area contributed by atoms with Crippen LogP contribution in [0.3, 0.4) is 0 Å². The highest BCUT2D eigenvalue weighted by Crippen LogP contribution is 2.37. The summed E-state index contributed by atoms with van der Waals surface area (Å²) in [6.45, 7) is 5.38. The molecule has 0 aliphatic heterocycles. The van der Waals surface area contributed by atoms with E-state index in [9.17, 15) is 20.4 Å². The van der Waals surface area contributed by atoms with Crippen LogP contribution >= 0.6 is 0 Å². The highest BCUT2D eigenvalue weighted by atomic mass is 16.3. The largest absolute Gasteiger partial charge is 0.508 e. The molecule has 0 saturated carbocycles. The van der Waals surface area contributed by atoms with Crippen molar-refractivity contribution in [2.75, 3.05) is 0 Å². The highest BCUT2D eigenvalue weighted by molar-refractivity contribution is 5.56. The molecule has 0 spiro atoms. The van der Waals surface area contributed by atoms with E-state index in [1.165, 1.54) is 6.07 Å². The van der Waals surface area contributed by atoms with Crippen molar-refractivity contribution < 1.29 is 20.4 Å². The molecule has 0 fully saturated rings. The first-order valence-corrected chi connectivity index (χ1v) is 7.34. The van der Waals surface area contributed by atoms with Crippen molar-refractivity contribution in [1.82, 2.24) is 0 Å². The van der Waals surface area contributed by atoms with Crippen LogP contribution in [0.2, 0.25) is 0 Å². The maximum absolute atomic E-state index is 10.3. The van der Waals surface area contributed by atoms with Gasteiger partial charge in [-0.25, -0.2) is 0 Å². The molecule has 0 bridgehead atoms. The van der Waals surface area contributed by atoms with Crippen LogP contribution in [-0.4, -0.2) is 20.4 Å². The monoisotopic (exact) mass is 302 g/mol. The second kappa shape index (κ2) is 6.18. The molecule has 0 aliphatic rings. The maximum atomic E-state index is 10.3. The van der Waals surface area contributed by atoms with Gasteiger partial charge in [0.15, 0.2) is 0 Å². The van der Waals surface area contributed by atoms with E-state index in [0.717, 1.165) is 11.1 Å². The normalized spacial score (nSPS) is 10.9. The van der Waals surface area contributed by atoms with Crippen LogP contribution in [0.25, 0.3) is 0 Å². The fraction of sp³-hybridized carbons (Fsp3) is 0.333. The lowest BCUT2D eigenvalue weighted by atomic mass is 9.93. The minimum absolute atomic E-state index is 0.0359. The molecular weight excluding hydrogens is 280 g/mol. The number of aryl methyl sites for hydroxylation is 1. The zero-order valence-corrected chi connectivity index (χ0v) is 13.1. The Kier molecular flexibility index (Phi) is 4.50. The van der Waals surface area contributed by atoms with Gasteiger partial charge in [0.05, 0.1) is 0 Å². The molecule has 0 aromatic heterocycles. The Labute approximate surface area is 130 Å². The van der Waals surface area contributed by atoms with Crippen LogP contribution in [0.5, 0.6) is 23.0 Å². The quantitative estimate of drug-likeness (QED) is 0.650. The Hall–Kier alpha value is -2.36. The molecule has 22 heavy (non-hydrogen) atoms. The summed E-state index contributed by atoms with van der Waals surface area (Å²) in [5.41, 5.74) is 3.61. The smallest absolute Gasteiger partial charge is 0.122 e. The van der Waals surface area contributed by atoms with Crippen LogP contribution in [-0.2, 0) is 12.8 Å². The zero-order valence-electron chi connectivity index (χ0n) is 13.1. The number of aromatic hydroxyl groups is 4. The first-order chi connectivity index (χ1) is 10.3. The third-order valence-electron chi connectivity index (χ3n) is 4.31. The number of hydrogen-bond acceptors (Lipinski definition) is 4. The predicted octanol–water partition coefficient (Wildman–Crippen LogP) is 3.61. The van der Waals surface area contributed by atoms with Crippen molar-refractivity contribution in [3.05, 3.63) is 46.0 Å². The first kappa shape index (κ1) is 16.0. The van der Waals surface area contributed by atoms with Crippen molar-refractivity contribution in [3.8, 4) is 23.0 Å². The maximum Gasteiger partial charge on any atom is 0.122 e. The van der Waals surface area contributed by atoms with Crippen LogP contribution in [0.4, 0.5) is 0 Å². The molecule has 2 aromatic carbocycles. The second-order valence-corrected chi connectivity index (χ2v) is 5.72. The van der Waals surface area contributed by atoms with E-state index in [-0.39, 0.29) is 23.0 Å². The molecule has 0 atom stereocenters. The van der Waals surface area contributed by atoms with Crippen molar-refractivity contribution in [1.29, 1.82) is 0 Å². The van der Waals surface area contributed by atoms with Crippen molar-refractivity contribution >= 4 is 0 Å². The van der Waals surface area contributed by atoms with Crippen molar-refractivity contribution in [2.45, 2.75) is 40.0 Å². The van der Waals surface area contributed by atoms with Crippen molar-refractivity contribution in [3.63, 3.8) is 0 Å². The molecule has 4 N–H and O–H groups in total. The Balaban J connectivity index is 2.16.